The molecule has 1 aromatic heterocycles. The first kappa shape index (κ1) is 12.8. The summed E-state index contributed by atoms with van der Waals surface area (Å²) in [4.78, 5) is 13.9. The number of piperazine rings is 1. The van der Waals surface area contributed by atoms with Crippen LogP contribution in [0.3, 0.4) is 0 Å². The van der Waals surface area contributed by atoms with E-state index in [1.807, 2.05) is 6.92 Å². The zero-order valence-electron chi connectivity index (χ0n) is 11.7. The van der Waals surface area contributed by atoms with Gasteiger partial charge in [0.25, 0.3) is 0 Å². The molecule has 2 fully saturated rings. The first-order chi connectivity index (χ1) is 9.19. The second kappa shape index (κ2) is 5.06. The Morgan fingerprint density at radius 3 is 3.00 bits per heavy atom. The second-order valence-electron chi connectivity index (χ2n) is 5.73. The summed E-state index contributed by atoms with van der Waals surface area (Å²) in [5.41, 5.74) is 1.70. The molecule has 1 N–H and O–H groups in total. The highest BCUT2D eigenvalue weighted by atomic mass is 16.3. The number of rotatable bonds is 2. The predicted molar refractivity (Wildman–Crippen MR) is 74.1 cm³/mol. The fourth-order valence-electron chi connectivity index (χ4n) is 3.24. The molecule has 5 heteroatoms. The molecule has 0 saturated carbocycles. The van der Waals surface area contributed by atoms with Crippen LogP contribution in [-0.4, -0.2) is 51.7 Å². The highest BCUT2D eigenvalue weighted by Gasteiger charge is 2.35. The summed E-state index contributed by atoms with van der Waals surface area (Å²) in [5, 5.41) is 9.19. The van der Waals surface area contributed by atoms with Crippen molar-refractivity contribution in [2.45, 2.75) is 45.4 Å². The molecule has 0 bridgehead atoms. The maximum atomic E-state index is 9.19. The van der Waals surface area contributed by atoms with Gasteiger partial charge in [-0.25, -0.2) is 9.97 Å². The third kappa shape index (κ3) is 2.32. The van der Waals surface area contributed by atoms with Gasteiger partial charge in [-0.05, 0) is 33.2 Å². The molecular weight excluding hydrogens is 240 g/mol. The van der Waals surface area contributed by atoms with E-state index in [0.29, 0.717) is 12.1 Å². The van der Waals surface area contributed by atoms with Gasteiger partial charge in [-0.3, -0.25) is 4.90 Å². The molecular formula is C14H22N4O. The van der Waals surface area contributed by atoms with Crippen molar-refractivity contribution in [1.82, 2.24) is 14.9 Å². The van der Waals surface area contributed by atoms with Crippen LogP contribution < -0.4 is 4.90 Å². The number of nitrogens with zero attached hydrogens (tertiary/aromatic N) is 4. The molecule has 2 aliphatic rings. The molecule has 2 saturated heterocycles. The molecule has 0 radical (unpaired) electrons. The summed E-state index contributed by atoms with van der Waals surface area (Å²) in [6.45, 7) is 7.57. The fourth-order valence-corrected chi connectivity index (χ4v) is 3.24. The van der Waals surface area contributed by atoms with Crippen LogP contribution in [0.4, 0.5) is 5.95 Å². The predicted octanol–water partition coefficient (Wildman–Crippen LogP) is 0.950. The highest BCUT2D eigenvalue weighted by molar-refractivity contribution is 5.35. The maximum absolute atomic E-state index is 9.19. The molecule has 0 aliphatic carbocycles. The quantitative estimate of drug-likeness (QED) is 0.860. The first-order valence-corrected chi connectivity index (χ1v) is 7.13. The van der Waals surface area contributed by atoms with Gasteiger partial charge in [-0.1, -0.05) is 0 Å². The van der Waals surface area contributed by atoms with Crippen molar-refractivity contribution in [1.29, 1.82) is 0 Å². The third-order valence-electron chi connectivity index (χ3n) is 4.43. The minimum atomic E-state index is 0.0120. The van der Waals surface area contributed by atoms with Gasteiger partial charge in [-0.15, -0.1) is 0 Å². The van der Waals surface area contributed by atoms with E-state index < -0.39 is 0 Å². The lowest BCUT2D eigenvalue weighted by Crippen LogP contribution is -2.55. The van der Waals surface area contributed by atoms with Crippen LogP contribution in [0.1, 0.15) is 31.0 Å². The molecule has 3 heterocycles. The second-order valence-corrected chi connectivity index (χ2v) is 5.73. The molecule has 3 rings (SSSR count). The van der Waals surface area contributed by atoms with E-state index >= 15 is 0 Å². The summed E-state index contributed by atoms with van der Waals surface area (Å²) in [6.07, 6.45) is 4.36. The van der Waals surface area contributed by atoms with Gasteiger partial charge in [0.15, 0.2) is 0 Å². The van der Waals surface area contributed by atoms with Crippen LogP contribution >= 0.6 is 0 Å². The Morgan fingerprint density at radius 1 is 1.42 bits per heavy atom. The molecule has 0 amide bonds. The fraction of sp³-hybridized carbons (Fsp3) is 0.714. The van der Waals surface area contributed by atoms with Gasteiger partial charge in [0.05, 0.1) is 6.61 Å². The van der Waals surface area contributed by atoms with E-state index in [1.165, 1.54) is 19.4 Å². The molecule has 0 aromatic carbocycles. The zero-order valence-corrected chi connectivity index (χ0v) is 11.7. The van der Waals surface area contributed by atoms with E-state index in [4.69, 9.17) is 0 Å². The zero-order chi connectivity index (χ0) is 13.4. The normalized spacial score (nSPS) is 27.6. The minimum absolute atomic E-state index is 0.0120. The molecule has 19 heavy (non-hydrogen) atoms. The SMILES string of the molecule is Cc1nc(N2CC3CCCN3CC2C)ncc1CO. The molecule has 2 atom stereocenters. The van der Waals surface area contributed by atoms with Crippen molar-refractivity contribution in [3.63, 3.8) is 0 Å². The Hall–Kier alpha value is -1.20. The summed E-state index contributed by atoms with van der Waals surface area (Å²) in [7, 11) is 0. The Balaban J connectivity index is 1.82. The Morgan fingerprint density at radius 2 is 2.26 bits per heavy atom. The van der Waals surface area contributed by atoms with E-state index in [2.05, 4.69) is 26.7 Å². The average molecular weight is 262 g/mol. The third-order valence-corrected chi connectivity index (χ3v) is 4.43. The maximum Gasteiger partial charge on any atom is 0.225 e. The van der Waals surface area contributed by atoms with Gasteiger partial charge in [0, 0.05) is 42.6 Å². The topological polar surface area (TPSA) is 52.5 Å². The minimum Gasteiger partial charge on any atom is -0.392 e. The summed E-state index contributed by atoms with van der Waals surface area (Å²) >= 11 is 0. The van der Waals surface area contributed by atoms with Crippen molar-refractivity contribution in [3.05, 3.63) is 17.5 Å². The lowest BCUT2D eigenvalue weighted by Gasteiger charge is -2.42. The van der Waals surface area contributed by atoms with Crippen molar-refractivity contribution in [3.8, 4) is 0 Å². The van der Waals surface area contributed by atoms with Gasteiger partial charge in [0.1, 0.15) is 0 Å². The monoisotopic (exact) mass is 262 g/mol. The van der Waals surface area contributed by atoms with Crippen molar-refractivity contribution in [2.24, 2.45) is 0 Å². The first-order valence-electron chi connectivity index (χ1n) is 7.13. The molecule has 2 aliphatic heterocycles. The molecule has 0 spiro atoms. The van der Waals surface area contributed by atoms with Crippen LogP contribution in [0.25, 0.3) is 0 Å². The van der Waals surface area contributed by atoms with Crippen molar-refractivity contribution >= 4 is 5.95 Å². The number of aliphatic hydroxyl groups excluding tert-OH is 1. The van der Waals surface area contributed by atoms with Crippen molar-refractivity contribution < 1.29 is 5.11 Å². The number of anilines is 1. The van der Waals surface area contributed by atoms with Gasteiger partial charge in [0.2, 0.25) is 5.95 Å². The Labute approximate surface area is 114 Å². The number of hydrogen-bond acceptors (Lipinski definition) is 5. The van der Waals surface area contributed by atoms with Crippen LogP contribution in [0.2, 0.25) is 0 Å². The lowest BCUT2D eigenvalue weighted by atomic mass is 10.1. The highest BCUT2D eigenvalue weighted by Crippen LogP contribution is 2.27. The van der Waals surface area contributed by atoms with Crippen LogP contribution in [0.15, 0.2) is 6.20 Å². The molecule has 104 valence electrons. The molecule has 1 aromatic rings. The summed E-state index contributed by atoms with van der Waals surface area (Å²) in [6, 6.07) is 1.12. The van der Waals surface area contributed by atoms with Crippen LogP contribution in [0.5, 0.6) is 0 Å². The standard InChI is InChI=1S/C14H22N4O/c1-10-7-17-5-3-4-13(17)8-18(10)14-15-6-12(9-19)11(2)16-14/h6,10,13,19H,3-5,7-9H2,1-2H3. The van der Waals surface area contributed by atoms with E-state index in [9.17, 15) is 5.11 Å². The Bertz CT molecular complexity index is 465. The summed E-state index contributed by atoms with van der Waals surface area (Å²) < 4.78 is 0. The number of aliphatic hydroxyl groups is 1. The van der Waals surface area contributed by atoms with Crippen LogP contribution in [-0.2, 0) is 6.61 Å². The van der Waals surface area contributed by atoms with Gasteiger partial charge >= 0.3 is 0 Å². The van der Waals surface area contributed by atoms with E-state index in [1.54, 1.807) is 6.20 Å². The number of fused-ring (bicyclic) bond motifs is 1. The lowest BCUT2D eigenvalue weighted by molar-refractivity contribution is 0.201. The van der Waals surface area contributed by atoms with E-state index in [0.717, 1.165) is 30.3 Å². The van der Waals surface area contributed by atoms with Gasteiger partial charge in [-0.2, -0.15) is 0 Å². The Kier molecular flexibility index (Phi) is 3.41. The average Bonchev–Trinajstić information content (AvgIpc) is 2.84. The van der Waals surface area contributed by atoms with Gasteiger partial charge < -0.3 is 10.0 Å². The number of hydrogen-bond donors (Lipinski definition) is 1. The molecule has 2 unspecified atom stereocenters. The van der Waals surface area contributed by atoms with Crippen molar-refractivity contribution in [2.75, 3.05) is 24.5 Å². The van der Waals surface area contributed by atoms with E-state index in [-0.39, 0.29) is 6.61 Å². The number of aryl methyl sites for hydroxylation is 1. The smallest absolute Gasteiger partial charge is 0.225 e. The summed E-state index contributed by atoms with van der Waals surface area (Å²) in [5.74, 6) is 0.814. The largest absolute Gasteiger partial charge is 0.392 e. The number of aromatic nitrogens is 2. The van der Waals surface area contributed by atoms with Crippen LogP contribution in [0, 0.1) is 6.92 Å². The molecule has 5 nitrogen and oxygen atoms in total.